The number of aryl methyl sites for hydroxylation is 2. The van der Waals surface area contributed by atoms with Crippen LogP contribution in [0.1, 0.15) is 23.4 Å². The summed E-state index contributed by atoms with van der Waals surface area (Å²) < 4.78 is 0. The maximum atomic E-state index is 12.0. The Labute approximate surface area is 154 Å². The molecule has 1 amide bonds. The maximum absolute atomic E-state index is 12.0. The first-order chi connectivity index (χ1) is 12.0. The first-order valence-corrected chi connectivity index (χ1v) is 9.43. The summed E-state index contributed by atoms with van der Waals surface area (Å²) in [6.45, 7) is 7.52. The van der Waals surface area contributed by atoms with Crippen LogP contribution >= 0.6 is 11.8 Å². The molecule has 1 aromatic carbocycles. The molecule has 2 aromatic rings. The molecule has 0 fully saturated rings. The molecule has 0 radical (unpaired) electrons. The van der Waals surface area contributed by atoms with Crippen LogP contribution in [0.15, 0.2) is 35.5 Å². The van der Waals surface area contributed by atoms with E-state index in [1.165, 1.54) is 17.4 Å². The van der Waals surface area contributed by atoms with Crippen LogP contribution in [0.2, 0.25) is 0 Å². The number of carbonyl (C=O) groups excluding carboxylic acids is 1. The van der Waals surface area contributed by atoms with Gasteiger partial charge in [-0.2, -0.15) is 0 Å². The summed E-state index contributed by atoms with van der Waals surface area (Å²) >= 11 is 1.38. The lowest BCUT2D eigenvalue weighted by molar-refractivity contribution is -0.118. The zero-order valence-electron chi connectivity index (χ0n) is 15.4. The smallest absolute Gasteiger partial charge is 0.230 e. The van der Waals surface area contributed by atoms with Crippen molar-refractivity contribution in [3.63, 3.8) is 0 Å². The third kappa shape index (κ3) is 6.05. The SMILES string of the molecule is Cc1nc(SCC(=O)NCCCN(C)c2ccccc2)nc(C)c1C. The first kappa shape index (κ1) is 19.2. The quantitative estimate of drug-likeness (QED) is 0.446. The van der Waals surface area contributed by atoms with Crippen molar-refractivity contribution in [3.05, 3.63) is 47.3 Å². The predicted molar refractivity (Wildman–Crippen MR) is 104 cm³/mol. The largest absolute Gasteiger partial charge is 0.375 e. The van der Waals surface area contributed by atoms with Crippen molar-refractivity contribution in [2.45, 2.75) is 32.3 Å². The Morgan fingerprint density at radius 2 is 1.76 bits per heavy atom. The number of hydrogen-bond acceptors (Lipinski definition) is 5. The van der Waals surface area contributed by atoms with E-state index in [2.05, 4.69) is 39.4 Å². The second-order valence-electron chi connectivity index (χ2n) is 6.05. The fourth-order valence-corrected chi connectivity index (χ4v) is 3.11. The predicted octanol–water partition coefficient (Wildman–Crippen LogP) is 3.14. The van der Waals surface area contributed by atoms with E-state index in [9.17, 15) is 4.79 Å². The number of benzene rings is 1. The van der Waals surface area contributed by atoms with E-state index in [1.54, 1.807) is 0 Å². The van der Waals surface area contributed by atoms with Gasteiger partial charge in [0.25, 0.3) is 0 Å². The highest BCUT2D eigenvalue weighted by Crippen LogP contribution is 2.16. The van der Waals surface area contributed by atoms with Crippen molar-refractivity contribution in [2.24, 2.45) is 0 Å². The summed E-state index contributed by atoms with van der Waals surface area (Å²) in [5, 5.41) is 3.62. The highest BCUT2D eigenvalue weighted by atomic mass is 32.2. The van der Waals surface area contributed by atoms with Crippen LogP contribution in [0.3, 0.4) is 0 Å². The molecule has 25 heavy (non-hydrogen) atoms. The van der Waals surface area contributed by atoms with Crippen LogP contribution in [0.25, 0.3) is 0 Å². The molecule has 1 heterocycles. The minimum Gasteiger partial charge on any atom is -0.375 e. The average Bonchev–Trinajstić information content (AvgIpc) is 2.62. The van der Waals surface area contributed by atoms with Gasteiger partial charge in [0.2, 0.25) is 5.91 Å². The van der Waals surface area contributed by atoms with Gasteiger partial charge in [0.05, 0.1) is 5.75 Å². The molecular formula is C19H26N4OS. The zero-order chi connectivity index (χ0) is 18.2. The monoisotopic (exact) mass is 358 g/mol. The lowest BCUT2D eigenvalue weighted by Gasteiger charge is -2.19. The van der Waals surface area contributed by atoms with Gasteiger partial charge in [0.1, 0.15) is 0 Å². The summed E-state index contributed by atoms with van der Waals surface area (Å²) in [6.07, 6.45) is 0.904. The lowest BCUT2D eigenvalue weighted by atomic mass is 10.2. The normalized spacial score (nSPS) is 10.6. The van der Waals surface area contributed by atoms with Crippen LogP contribution in [0, 0.1) is 20.8 Å². The van der Waals surface area contributed by atoms with Gasteiger partial charge in [-0.3, -0.25) is 4.79 Å². The third-order valence-electron chi connectivity index (χ3n) is 4.13. The van der Waals surface area contributed by atoms with Gasteiger partial charge in [-0.1, -0.05) is 30.0 Å². The molecule has 0 aliphatic rings. The number of thioether (sulfide) groups is 1. The van der Waals surface area contributed by atoms with Crippen molar-refractivity contribution in [1.82, 2.24) is 15.3 Å². The Morgan fingerprint density at radius 1 is 1.12 bits per heavy atom. The van der Waals surface area contributed by atoms with Gasteiger partial charge in [-0.15, -0.1) is 0 Å². The number of rotatable bonds is 8. The van der Waals surface area contributed by atoms with E-state index >= 15 is 0 Å². The molecule has 134 valence electrons. The molecular weight excluding hydrogens is 332 g/mol. The Morgan fingerprint density at radius 3 is 2.40 bits per heavy atom. The van der Waals surface area contributed by atoms with Crippen LogP contribution < -0.4 is 10.2 Å². The maximum Gasteiger partial charge on any atom is 0.230 e. The highest BCUT2D eigenvalue weighted by molar-refractivity contribution is 7.99. The Kier molecular flexibility index (Phi) is 7.25. The summed E-state index contributed by atoms with van der Waals surface area (Å²) in [5.74, 6) is 0.364. The molecule has 0 saturated carbocycles. The fourth-order valence-electron chi connectivity index (χ4n) is 2.34. The Bertz CT molecular complexity index is 683. The van der Waals surface area contributed by atoms with E-state index in [0.29, 0.717) is 17.5 Å². The van der Waals surface area contributed by atoms with Gasteiger partial charge in [-0.05, 0) is 44.9 Å². The minimum absolute atomic E-state index is 0.0202. The van der Waals surface area contributed by atoms with Gasteiger partial charge < -0.3 is 10.2 Å². The molecule has 0 atom stereocenters. The lowest BCUT2D eigenvalue weighted by Crippen LogP contribution is -2.29. The topological polar surface area (TPSA) is 58.1 Å². The highest BCUT2D eigenvalue weighted by Gasteiger charge is 2.08. The minimum atomic E-state index is 0.0202. The fraction of sp³-hybridized carbons (Fsp3) is 0.421. The summed E-state index contributed by atoms with van der Waals surface area (Å²) in [5.41, 5.74) is 4.24. The van der Waals surface area contributed by atoms with Crippen molar-refractivity contribution < 1.29 is 4.79 Å². The molecule has 6 heteroatoms. The third-order valence-corrected chi connectivity index (χ3v) is 4.98. The van der Waals surface area contributed by atoms with Gasteiger partial charge in [-0.25, -0.2) is 9.97 Å². The Hall–Kier alpha value is -2.08. The molecule has 1 aromatic heterocycles. The number of nitrogens with one attached hydrogen (secondary N) is 1. The van der Waals surface area contributed by atoms with E-state index in [1.807, 2.05) is 39.0 Å². The van der Waals surface area contributed by atoms with Crippen LogP contribution in [-0.4, -0.2) is 41.8 Å². The standard InChI is InChI=1S/C19H26N4OS/c1-14-15(2)21-19(22-16(14)3)25-13-18(24)20-11-8-12-23(4)17-9-6-5-7-10-17/h5-7,9-10H,8,11-13H2,1-4H3,(H,20,24). The summed E-state index contributed by atoms with van der Waals surface area (Å²) in [4.78, 5) is 23.0. The molecule has 5 nitrogen and oxygen atoms in total. The second-order valence-corrected chi connectivity index (χ2v) is 6.99. The van der Waals surface area contributed by atoms with Gasteiger partial charge in [0, 0.05) is 37.2 Å². The van der Waals surface area contributed by atoms with E-state index in [4.69, 9.17) is 0 Å². The molecule has 0 aliphatic carbocycles. The van der Waals surface area contributed by atoms with Crippen molar-refractivity contribution in [2.75, 3.05) is 30.8 Å². The zero-order valence-corrected chi connectivity index (χ0v) is 16.2. The van der Waals surface area contributed by atoms with Crippen LogP contribution in [-0.2, 0) is 4.79 Å². The summed E-state index contributed by atoms with van der Waals surface area (Å²) in [6, 6.07) is 10.2. The number of nitrogens with zero attached hydrogens (tertiary/aromatic N) is 3. The first-order valence-electron chi connectivity index (χ1n) is 8.45. The van der Waals surface area contributed by atoms with Crippen molar-refractivity contribution >= 4 is 23.4 Å². The van der Waals surface area contributed by atoms with Gasteiger partial charge in [0.15, 0.2) is 5.16 Å². The van der Waals surface area contributed by atoms with Crippen LogP contribution in [0.5, 0.6) is 0 Å². The number of anilines is 1. The van der Waals surface area contributed by atoms with E-state index in [-0.39, 0.29) is 5.91 Å². The average molecular weight is 359 g/mol. The molecule has 2 rings (SSSR count). The molecule has 0 spiro atoms. The number of hydrogen-bond donors (Lipinski definition) is 1. The Balaban J connectivity index is 1.67. The molecule has 0 saturated heterocycles. The number of aromatic nitrogens is 2. The van der Waals surface area contributed by atoms with Gasteiger partial charge >= 0.3 is 0 Å². The molecule has 0 bridgehead atoms. The van der Waals surface area contributed by atoms with E-state index in [0.717, 1.165) is 29.9 Å². The van der Waals surface area contributed by atoms with Crippen LogP contribution in [0.4, 0.5) is 5.69 Å². The molecule has 0 aliphatic heterocycles. The second kappa shape index (κ2) is 9.42. The molecule has 0 unspecified atom stereocenters. The number of carbonyl (C=O) groups is 1. The summed E-state index contributed by atoms with van der Waals surface area (Å²) in [7, 11) is 2.06. The van der Waals surface area contributed by atoms with Crippen molar-refractivity contribution in [1.29, 1.82) is 0 Å². The van der Waals surface area contributed by atoms with Crippen molar-refractivity contribution in [3.8, 4) is 0 Å². The number of amides is 1. The van der Waals surface area contributed by atoms with E-state index < -0.39 is 0 Å². The molecule has 1 N–H and O–H groups in total. The number of para-hydroxylation sites is 1.